The fraction of sp³-hybridized carbons (Fsp3) is 0.0625. The quantitative estimate of drug-likeness (QED) is 0.185. The molecule has 0 amide bonds. The van der Waals surface area contributed by atoms with E-state index in [9.17, 15) is 0 Å². The molecule has 8 aromatic carbocycles. The minimum absolute atomic E-state index is 0.925. The summed E-state index contributed by atoms with van der Waals surface area (Å²) in [6, 6.07) is 70.9. The van der Waals surface area contributed by atoms with E-state index in [-0.39, 0.29) is 0 Å². The molecule has 0 radical (unpaired) electrons. The summed E-state index contributed by atoms with van der Waals surface area (Å²) in [5.74, 6) is 0. The number of benzene rings is 8. The Balaban J connectivity index is 1.38. The van der Waals surface area contributed by atoms with Crippen LogP contribution in [0.25, 0.3) is 133 Å². The lowest BCUT2D eigenvalue weighted by atomic mass is 9.93. The Kier molecular flexibility index (Phi) is 9.06. The molecule has 0 spiro atoms. The highest BCUT2D eigenvalue weighted by atomic mass is 14.8. The van der Waals surface area contributed by atoms with Crippen LogP contribution in [0.2, 0.25) is 0 Å². The minimum atomic E-state index is 0.925. The number of aromatic nitrogens is 4. The van der Waals surface area contributed by atoms with Gasteiger partial charge in [0.05, 0.1) is 44.8 Å². The lowest BCUT2D eigenvalue weighted by molar-refractivity contribution is 1.39. The van der Waals surface area contributed by atoms with E-state index in [1.54, 1.807) is 0 Å². The Bertz CT molecular complexity index is 3500. The first-order valence-corrected chi connectivity index (χ1v) is 23.5. The summed E-state index contributed by atoms with van der Waals surface area (Å²) in [6.45, 7) is 8.60. The van der Waals surface area contributed by atoms with Gasteiger partial charge in [-0.25, -0.2) is 9.97 Å². The van der Waals surface area contributed by atoms with Gasteiger partial charge in [-0.2, -0.15) is 0 Å². The molecule has 68 heavy (non-hydrogen) atoms. The van der Waals surface area contributed by atoms with Gasteiger partial charge < -0.3 is 9.97 Å². The smallest absolute Gasteiger partial charge is 0.0816 e. The summed E-state index contributed by atoms with van der Waals surface area (Å²) < 4.78 is 0. The number of nitrogens with one attached hydrogen (secondary N) is 2. The zero-order chi connectivity index (χ0) is 45.6. The van der Waals surface area contributed by atoms with Gasteiger partial charge in [0.2, 0.25) is 0 Å². The zero-order valence-electron chi connectivity index (χ0n) is 38.4. The maximum absolute atomic E-state index is 5.95. The summed E-state index contributed by atoms with van der Waals surface area (Å²) in [5.41, 5.74) is 25.4. The molecule has 3 aliphatic rings. The standard InChI is InChI=1S/C64H46N4/c1-37-21-29-41(30-22-37)53-57-45-13-5-7-15-47(45)59(65-57)54(42-31-23-38(2)24-32-42)61-49-17-9-11-19-51(49)63(67-61)56(44-35-27-40(4)28-36-44)64-52-20-12-10-18-50(52)62(68-64)55(43-33-25-39(3)26-34-43)60-48-16-8-6-14-46(48)58(53)66-60/h5-36,65,68H,1-4H3. The highest BCUT2D eigenvalue weighted by Gasteiger charge is 2.29. The molecule has 0 atom stereocenters. The molecule has 10 aromatic rings. The first kappa shape index (κ1) is 39.7. The molecule has 322 valence electrons. The van der Waals surface area contributed by atoms with Gasteiger partial charge in [0.1, 0.15) is 0 Å². The van der Waals surface area contributed by atoms with Crippen molar-refractivity contribution in [2.75, 3.05) is 0 Å². The third-order valence-corrected chi connectivity index (χ3v) is 14.1. The van der Waals surface area contributed by atoms with Gasteiger partial charge in [-0.15, -0.1) is 0 Å². The number of H-pyrrole nitrogens is 2. The van der Waals surface area contributed by atoms with Crippen LogP contribution >= 0.6 is 0 Å². The van der Waals surface area contributed by atoms with Crippen LogP contribution < -0.4 is 0 Å². The highest BCUT2D eigenvalue weighted by Crippen LogP contribution is 2.51. The maximum Gasteiger partial charge on any atom is 0.0816 e. The highest BCUT2D eigenvalue weighted by molar-refractivity contribution is 6.21. The van der Waals surface area contributed by atoms with E-state index < -0.39 is 0 Å². The monoisotopic (exact) mass is 870 g/mol. The molecule has 2 aliphatic heterocycles. The van der Waals surface area contributed by atoms with E-state index in [1.165, 1.54) is 22.3 Å². The van der Waals surface area contributed by atoms with Crippen molar-refractivity contribution in [1.82, 2.24) is 19.9 Å². The Hall–Kier alpha value is -8.60. The molecule has 0 saturated carbocycles. The van der Waals surface area contributed by atoms with E-state index in [0.29, 0.717) is 0 Å². The SMILES string of the molecule is Cc1ccc(-c2c3nc(c(-c4ccc(C)cc4)c4[nH]c(c(-c5ccc(C)cc5)c5nc(c(-c6ccc(C)cc6)c6[nH]c2c2ccccc62)-c2ccccc2-5)c2ccccc42)-c2ccccc2-3)cc1. The van der Waals surface area contributed by atoms with Crippen molar-refractivity contribution < 1.29 is 0 Å². The molecule has 8 bridgehead atoms. The molecule has 2 N–H and O–H groups in total. The average Bonchev–Trinajstić information content (AvgIpc) is 4.14. The number of hydrogen-bond donors (Lipinski definition) is 2. The predicted octanol–water partition coefficient (Wildman–Crippen LogP) is 17.2. The van der Waals surface area contributed by atoms with Crippen LogP contribution in [0.3, 0.4) is 0 Å². The zero-order valence-corrected chi connectivity index (χ0v) is 38.4. The molecular formula is C64H46N4. The second kappa shape index (κ2) is 15.5. The topological polar surface area (TPSA) is 57.4 Å². The fourth-order valence-electron chi connectivity index (χ4n) is 10.6. The fourth-order valence-corrected chi connectivity index (χ4v) is 10.6. The Morgan fingerprint density at radius 2 is 0.456 bits per heavy atom. The van der Waals surface area contributed by atoms with Crippen molar-refractivity contribution in [1.29, 1.82) is 0 Å². The maximum atomic E-state index is 5.95. The van der Waals surface area contributed by atoms with Crippen LogP contribution in [0.15, 0.2) is 194 Å². The largest absolute Gasteiger partial charge is 0.353 e. The van der Waals surface area contributed by atoms with Gasteiger partial charge in [0.25, 0.3) is 0 Å². The molecule has 1 aliphatic carbocycles. The Morgan fingerprint density at radius 1 is 0.250 bits per heavy atom. The molecule has 0 saturated heterocycles. The summed E-state index contributed by atoms with van der Waals surface area (Å²) in [7, 11) is 0. The first-order chi connectivity index (χ1) is 33.4. The number of nitrogens with zero attached hydrogens (tertiary/aromatic N) is 2. The number of aromatic amines is 2. The molecular weight excluding hydrogens is 825 g/mol. The van der Waals surface area contributed by atoms with Gasteiger partial charge in [-0.1, -0.05) is 216 Å². The Morgan fingerprint density at radius 3 is 0.676 bits per heavy atom. The van der Waals surface area contributed by atoms with Crippen LogP contribution in [-0.4, -0.2) is 19.9 Å². The number of rotatable bonds is 4. The normalized spacial score (nSPS) is 11.8. The third-order valence-electron chi connectivity index (χ3n) is 14.1. The summed E-state index contributed by atoms with van der Waals surface area (Å²) >= 11 is 0. The van der Waals surface area contributed by atoms with E-state index in [0.717, 1.165) is 133 Å². The van der Waals surface area contributed by atoms with Gasteiger partial charge >= 0.3 is 0 Å². The first-order valence-electron chi connectivity index (χ1n) is 23.5. The molecule has 0 fully saturated rings. The predicted molar refractivity (Wildman–Crippen MR) is 286 cm³/mol. The van der Waals surface area contributed by atoms with Crippen LogP contribution in [-0.2, 0) is 0 Å². The molecule has 13 rings (SSSR count). The lowest BCUT2D eigenvalue weighted by Gasteiger charge is -2.09. The Labute approximate surface area is 395 Å². The van der Waals surface area contributed by atoms with Crippen LogP contribution in [0, 0.1) is 27.7 Å². The molecule has 4 heterocycles. The number of aryl methyl sites for hydroxylation is 4. The summed E-state index contributed by atoms with van der Waals surface area (Å²) in [6.07, 6.45) is 0. The van der Waals surface area contributed by atoms with Gasteiger partial charge in [-0.05, 0) is 49.9 Å². The lowest BCUT2D eigenvalue weighted by Crippen LogP contribution is -1.88. The average molecular weight is 871 g/mol. The summed E-state index contributed by atoms with van der Waals surface area (Å²) in [5, 5.41) is 4.47. The third kappa shape index (κ3) is 6.22. The second-order valence-corrected chi connectivity index (χ2v) is 18.5. The number of hydrogen-bond acceptors (Lipinski definition) is 2. The van der Waals surface area contributed by atoms with Crippen molar-refractivity contribution in [2.24, 2.45) is 0 Å². The van der Waals surface area contributed by atoms with Crippen molar-refractivity contribution in [3.63, 3.8) is 0 Å². The van der Waals surface area contributed by atoms with Crippen LogP contribution in [0.1, 0.15) is 22.3 Å². The van der Waals surface area contributed by atoms with Crippen LogP contribution in [0.5, 0.6) is 0 Å². The van der Waals surface area contributed by atoms with Crippen molar-refractivity contribution >= 4 is 43.6 Å². The second-order valence-electron chi connectivity index (χ2n) is 18.5. The molecule has 2 aromatic heterocycles. The molecule has 0 unspecified atom stereocenters. The van der Waals surface area contributed by atoms with Gasteiger partial charge in [-0.3, -0.25) is 0 Å². The molecule has 4 heteroatoms. The van der Waals surface area contributed by atoms with E-state index in [4.69, 9.17) is 9.97 Å². The molecule has 4 nitrogen and oxygen atoms in total. The van der Waals surface area contributed by atoms with Crippen LogP contribution in [0.4, 0.5) is 0 Å². The minimum Gasteiger partial charge on any atom is -0.353 e. The van der Waals surface area contributed by atoms with Crippen molar-refractivity contribution in [2.45, 2.75) is 27.7 Å². The van der Waals surface area contributed by atoms with Crippen molar-refractivity contribution in [3.8, 4) is 89.5 Å². The van der Waals surface area contributed by atoms with Gasteiger partial charge in [0, 0.05) is 66.1 Å². The van der Waals surface area contributed by atoms with E-state index in [1.807, 2.05) is 0 Å². The van der Waals surface area contributed by atoms with E-state index in [2.05, 4.69) is 232 Å². The van der Waals surface area contributed by atoms with Crippen molar-refractivity contribution in [3.05, 3.63) is 216 Å². The van der Waals surface area contributed by atoms with Gasteiger partial charge in [0.15, 0.2) is 0 Å². The summed E-state index contributed by atoms with van der Waals surface area (Å²) in [4.78, 5) is 20.3. The van der Waals surface area contributed by atoms with E-state index >= 15 is 0 Å².